The van der Waals surface area contributed by atoms with E-state index in [-0.39, 0.29) is 17.9 Å². The van der Waals surface area contributed by atoms with Gasteiger partial charge in [-0.2, -0.15) is 0 Å². The van der Waals surface area contributed by atoms with E-state index < -0.39 is 0 Å². The number of phenolic OH excluding ortho intramolecular Hbond substituents is 1. The monoisotopic (exact) mass is 356 g/mol. The molecule has 1 atom stereocenters. The highest BCUT2D eigenvalue weighted by Gasteiger charge is 2.35. The van der Waals surface area contributed by atoms with Gasteiger partial charge in [0.2, 0.25) is 0 Å². The number of phenols is 1. The smallest absolute Gasteiger partial charge is 0.410 e. The van der Waals surface area contributed by atoms with E-state index in [9.17, 15) is 9.90 Å². The van der Waals surface area contributed by atoms with Gasteiger partial charge in [0.15, 0.2) is 0 Å². The van der Waals surface area contributed by atoms with Crippen molar-refractivity contribution in [3.63, 3.8) is 0 Å². The van der Waals surface area contributed by atoms with Crippen LogP contribution < -0.4 is 0 Å². The second kappa shape index (κ2) is 6.01. The van der Waals surface area contributed by atoms with Crippen LogP contribution in [-0.2, 0) is 11.2 Å². The molecule has 128 valence electrons. The number of amides is 1. The summed E-state index contributed by atoms with van der Waals surface area (Å²) in [7, 11) is 1.39. The number of aromatic hydroxyl groups is 1. The van der Waals surface area contributed by atoms with Crippen molar-refractivity contribution < 1.29 is 14.6 Å². The zero-order chi connectivity index (χ0) is 17.6. The Morgan fingerprint density at radius 3 is 2.76 bits per heavy atom. The number of halogens is 1. The number of fused-ring (bicyclic) bond motifs is 3. The Kier molecular flexibility index (Phi) is 3.81. The molecule has 0 aliphatic carbocycles. The number of nitrogens with zero attached hydrogens (tertiary/aromatic N) is 1. The van der Waals surface area contributed by atoms with Crippen LogP contribution in [0.3, 0.4) is 0 Å². The van der Waals surface area contributed by atoms with Crippen molar-refractivity contribution in [2.75, 3.05) is 13.7 Å². The molecular weight excluding hydrogens is 340 g/mol. The Hall–Kier alpha value is -2.66. The highest BCUT2D eigenvalue weighted by Crippen LogP contribution is 2.39. The van der Waals surface area contributed by atoms with Gasteiger partial charge >= 0.3 is 6.09 Å². The number of hydrogen-bond donors (Lipinski definition) is 2. The molecule has 2 aromatic carbocycles. The molecule has 25 heavy (non-hydrogen) atoms. The zero-order valence-electron chi connectivity index (χ0n) is 13.6. The molecule has 4 rings (SSSR count). The number of methoxy groups -OCH3 is 1. The Bertz CT molecular complexity index is 949. The summed E-state index contributed by atoms with van der Waals surface area (Å²) in [5, 5.41) is 11.4. The van der Waals surface area contributed by atoms with E-state index >= 15 is 0 Å². The molecule has 2 heterocycles. The fourth-order valence-corrected chi connectivity index (χ4v) is 3.75. The molecule has 3 aromatic rings. The van der Waals surface area contributed by atoms with Gasteiger partial charge in [-0.05, 0) is 47.9 Å². The van der Waals surface area contributed by atoms with Gasteiger partial charge in [-0.15, -0.1) is 0 Å². The normalized spacial score (nSPS) is 16.7. The molecule has 5 nitrogen and oxygen atoms in total. The fourth-order valence-electron chi connectivity index (χ4n) is 3.58. The van der Waals surface area contributed by atoms with Crippen LogP contribution in [0.1, 0.15) is 22.9 Å². The molecule has 0 saturated heterocycles. The topological polar surface area (TPSA) is 65.6 Å². The van der Waals surface area contributed by atoms with Gasteiger partial charge in [-0.25, -0.2) is 4.79 Å². The SMILES string of the molecule is COC(=O)N1CCc2c([nH]c3ccc(Cl)cc23)C1c1ccc(O)cc1. The van der Waals surface area contributed by atoms with Gasteiger partial charge in [0, 0.05) is 28.2 Å². The maximum absolute atomic E-state index is 12.3. The van der Waals surface area contributed by atoms with Crippen molar-refractivity contribution in [2.24, 2.45) is 0 Å². The standard InChI is InChI=1S/C19H17ClN2O3/c1-25-19(24)22-9-8-14-15-10-12(20)4-7-16(15)21-17(14)18(22)11-2-5-13(23)6-3-11/h2-7,10,18,21,23H,8-9H2,1H3. The number of aromatic nitrogens is 1. The van der Waals surface area contributed by atoms with Crippen LogP contribution >= 0.6 is 11.6 Å². The van der Waals surface area contributed by atoms with E-state index in [0.29, 0.717) is 11.6 Å². The second-order valence-corrected chi connectivity index (χ2v) is 6.55. The molecule has 0 fully saturated rings. The number of aromatic amines is 1. The molecule has 1 aliphatic heterocycles. The lowest BCUT2D eigenvalue weighted by Gasteiger charge is -2.35. The van der Waals surface area contributed by atoms with Crippen molar-refractivity contribution in [1.82, 2.24) is 9.88 Å². The largest absolute Gasteiger partial charge is 0.508 e. The predicted molar refractivity (Wildman–Crippen MR) is 96.1 cm³/mol. The fraction of sp³-hybridized carbons (Fsp3) is 0.211. The molecule has 1 amide bonds. The molecule has 2 N–H and O–H groups in total. The molecule has 0 spiro atoms. The first-order valence-corrected chi connectivity index (χ1v) is 8.40. The quantitative estimate of drug-likeness (QED) is 0.685. The summed E-state index contributed by atoms with van der Waals surface area (Å²) in [5.41, 5.74) is 4.02. The molecule has 1 unspecified atom stereocenters. The van der Waals surface area contributed by atoms with E-state index in [4.69, 9.17) is 16.3 Å². The zero-order valence-corrected chi connectivity index (χ0v) is 14.4. The van der Waals surface area contributed by atoms with Gasteiger partial charge in [-0.3, -0.25) is 4.90 Å². The molecule has 0 radical (unpaired) electrons. The highest BCUT2D eigenvalue weighted by molar-refractivity contribution is 6.31. The molecule has 0 bridgehead atoms. The van der Waals surface area contributed by atoms with Crippen molar-refractivity contribution >= 4 is 28.6 Å². The molecule has 1 aromatic heterocycles. The molecule has 1 aliphatic rings. The van der Waals surface area contributed by atoms with E-state index in [1.807, 2.05) is 30.3 Å². The Labute approximate surface area is 149 Å². The van der Waals surface area contributed by atoms with Crippen LogP contribution in [0.25, 0.3) is 10.9 Å². The molecular formula is C19H17ClN2O3. The van der Waals surface area contributed by atoms with Gasteiger partial charge in [0.1, 0.15) is 11.8 Å². The minimum absolute atomic E-state index is 0.188. The lowest BCUT2D eigenvalue weighted by Crippen LogP contribution is -2.40. The second-order valence-electron chi connectivity index (χ2n) is 6.11. The highest BCUT2D eigenvalue weighted by atomic mass is 35.5. The van der Waals surface area contributed by atoms with Crippen molar-refractivity contribution in [3.05, 3.63) is 64.3 Å². The summed E-state index contributed by atoms with van der Waals surface area (Å²) in [6.45, 7) is 0.546. The molecule has 0 saturated carbocycles. The maximum atomic E-state index is 12.3. The lowest BCUT2D eigenvalue weighted by atomic mass is 9.92. The van der Waals surface area contributed by atoms with Crippen molar-refractivity contribution in [3.8, 4) is 5.75 Å². The molecule has 6 heteroatoms. The summed E-state index contributed by atoms with van der Waals surface area (Å²) in [5.74, 6) is 0.188. The average molecular weight is 357 g/mol. The van der Waals surface area contributed by atoms with E-state index in [2.05, 4.69) is 4.98 Å². The maximum Gasteiger partial charge on any atom is 0.410 e. The first-order chi connectivity index (χ1) is 12.1. The van der Waals surface area contributed by atoms with Crippen LogP contribution in [0.15, 0.2) is 42.5 Å². The van der Waals surface area contributed by atoms with Crippen molar-refractivity contribution in [1.29, 1.82) is 0 Å². The summed E-state index contributed by atoms with van der Waals surface area (Å²) >= 11 is 6.16. The number of H-pyrrole nitrogens is 1. The third kappa shape index (κ3) is 2.61. The number of nitrogens with one attached hydrogen (secondary N) is 1. The van der Waals surface area contributed by atoms with E-state index in [0.717, 1.165) is 34.1 Å². The summed E-state index contributed by atoms with van der Waals surface area (Å²) in [6, 6.07) is 12.3. The Morgan fingerprint density at radius 1 is 1.28 bits per heavy atom. The minimum atomic E-state index is -0.375. The van der Waals surface area contributed by atoms with E-state index in [1.165, 1.54) is 7.11 Å². The van der Waals surface area contributed by atoms with Gasteiger partial charge in [-0.1, -0.05) is 23.7 Å². The van der Waals surface area contributed by atoms with Crippen LogP contribution in [0.5, 0.6) is 5.75 Å². The number of carbonyl (C=O) groups excluding carboxylic acids is 1. The van der Waals surface area contributed by atoms with Gasteiger partial charge in [0.05, 0.1) is 7.11 Å². The van der Waals surface area contributed by atoms with Crippen molar-refractivity contribution in [2.45, 2.75) is 12.5 Å². The predicted octanol–water partition coefficient (Wildman–Crippen LogP) is 4.24. The van der Waals surface area contributed by atoms with Crippen LogP contribution in [0.2, 0.25) is 5.02 Å². The number of carbonyl (C=O) groups is 1. The van der Waals surface area contributed by atoms with Crippen LogP contribution in [0, 0.1) is 0 Å². The first kappa shape index (κ1) is 15.8. The lowest BCUT2D eigenvalue weighted by molar-refractivity contribution is 0.108. The summed E-state index contributed by atoms with van der Waals surface area (Å²) in [6.07, 6.45) is 0.347. The average Bonchev–Trinajstić information content (AvgIpc) is 2.99. The first-order valence-electron chi connectivity index (χ1n) is 8.02. The summed E-state index contributed by atoms with van der Waals surface area (Å²) in [4.78, 5) is 17.5. The number of ether oxygens (including phenoxy) is 1. The van der Waals surface area contributed by atoms with Gasteiger partial charge in [0.25, 0.3) is 0 Å². The third-order valence-electron chi connectivity index (χ3n) is 4.71. The summed E-state index contributed by atoms with van der Waals surface area (Å²) < 4.78 is 4.98. The van der Waals surface area contributed by atoms with Gasteiger partial charge < -0.3 is 14.8 Å². The number of rotatable bonds is 1. The van der Waals surface area contributed by atoms with Crippen LogP contribution in [0.4, 0.5) is 4.79 Å². The van der Waals surface area contributed by atoms with Crippen LogP contribution in [-0.4, -0.2) is 34.7 Å². The minimum Gasteiger partial charge on any atom is -0.508 e. The third-order valence-corrected chi connectivity index (χ3v) is 4.94. The Morgan fingerprint density at radius 2 is 2.04 bits per heavy atom. The number of hydrogen-bond acceptors (Lipinski definition) is 3. The van der Waals surface area contributed by atoms with E-state index in [1.54, 1.807) is 17.0 Å². The number of benzene rings is 2. The Balaban J connectivity index is 1.91.